The lowest BCUT2D eigenvalue weighted by Gasteiger charge is -2.14. The van der Waals surface area contributed by atoms with E-state index in [9.17, 15) is 9.59 Å². The second-order valence-electron chi connectivity index (χ2n) is 6.33. The van der Waals surface area contributed by atoms with E-state index < -0.39 is 0 Å². The summed E-state index contributed by atoms with van der Waals surface area (Å²) >= 11 is 13.1. The Bertz CT molecular complexity index is 994. The van der Waals surface area contributed by atoms with Crippen LogP contribution in [0.3, 0.4) is 0 Å². The highest BCUT2D eigenvalue weighted by molar-refractivity contribution is 8.18. The van der Waals surface area contributed by atoms with Gasteiger partial charge >= 0.3 is 0 Å². The molecule has 1 heterocycles. The maximum atomic E-state index is 12.7. The lowest BCUT2D eigenvalue weighted by Crippen LogP contribution is -2.32. The molecule has 2 aromatic carbocycles. The number of carbonyl (C=O) groups is 2. The first kappa shape index (κ1) is 23.3. The minimum atomic E-state index is -0.377. The van der Waals surface area contributed by atoms with Gasteiger partial charge in [-0.3, -0.25) is 14.5 Å². The van der Waals surface area contributed by atoms with Crippen LogP contribution in [0.5, 0.6) is 17.2 Å². The van der Waals surface area contributed by atoms with Crippen LogP contribution in [0.2, 0.25) is 10.0 Å². The molecule has 31 heavy (non-hydrogen) atoms. The van der Waals surface area contributed by atoms with Gasteiger partial charge in [0, 0.05) is 5.02 Å². The summed E-state index contributed by atoms with van der Waals surface area (Å²) in [7, 11) is 0. The molecule has 0 aliphatic carbocycles. The van der Waals surface area contributed by atoms with Gasteiger partial charge in [-0.15, -0.1) is 0 Å². The molecule has 0 bridgehead atoms. The monoisotopic (exact) mass is 481 g/mol. The van der Waals surface area contributed by atoms with Crippen molar-refractivity contribution < 1.29 is 23.8 Å². The number of nitrogens with zero attached hydrogens (tertiary/aromatic N) is 1. The third-order valence-corrected chi connectivity index (χ3v) is 5.63. The van der Waals surface area contributed by atoms with E-state index in [1.165, 1.54) is 0 Å². The van der Waals surface area contributed by atoms with Gasteiger partial charge in [0.15, 0.2) is 11.5 Å². The number of rotatable bonds is 9. The Balaban J connectivity index is 1.71. The zero-order chi connectivity index (χ0) is 22.4. The van der Waals surface area contributed by atoms with Crippen LogP contribution in [0.15, 0.2) is 41.3 Å². The van der Waals surface area contributed by atoms with Crippen LogP contribution in [-0.2, 0) is 4.79 Å². The first-order chi connectivity index (χ1) is 14.9. The maximum Gasteiger partial charge on any atom is 0.293 e. The third kappa shape index (κ3) is 5.87. The SMILES string of the molecule is CCOc1cc(/C=C2\SC(=O)N(CCOc3ccc(Cl)cc3)C2=O)cc(Cl)c1OCC. The maximum absolute atomic E-state index is 12.7. The molecular formula is C22H21Cl2NO5S. The summed E-state index contributed by atoms with van der Waals surface area (Å²) in [5.74, 6) is 1.17. The van der Waals surface area contributed by atoms with E-state index in [-0.39, 0.29) is 24.3 Å². The van der Waals surface area contributed by atoms with Crippen LogP contribution >= 0.6 is 35.0 Å². The zero-order valence-corrected chi connectivity index (χ0v) is 19.4. The van der Waals surface area contributed by atoms with Crippen LogP contribution in [0.4, 0.5) is 4.79 Å². The van der Waals surface area contributed by atoms with Gasteiger partial charge in [0.05, 0.1) is 29.7 Å². The minimum Gasteiger partial charge on any atom is -0.492 e. The van der Waals surface area contributed by atoms with E-state index in [2.05, 4.69) is 0 Å². The van der Waals surface area contributed by atoms with Crippen LogP contribution < -0.4 is 14.2 Å². The molecule has 1 saturated heterocycles. The highest BCUT2D eigenvalue weighted by Gasteiger charge is 2.34. The van der Waals surface area contributed by atoms with Crippen molar-refractivity contribution in [3.63, 3.8) is 0 Å². The molecule has 9 heteroatoms. The summed E-state index contributed by atoms with van der Waals surface area (Å²) in [5, 5.41) is 0.623. The fourth-order valence-corrected chi connectivity index (χ4v) is 4.11. The van der Waals surface area contributed by atoms with E-state index >= 15 is 0 Å². The molecule has 0 radical (unpaired) electrons. The number of thioether (sulfide) groups is 1. The highest BCUT2D eigenvalue weighted by atomic mass is 35.5. The Morgan fingerprint density at radius 1 is 1.00 bits per heavy atom. The minimum absolute atomic E-state index is 0.138. The summed E-state index contributed by atoms with van der Waals surface area (Å²) in [5.41, 5.74) is 0.639. The number of ether oxygens (including phenoxy) is 3. The molecule has 164 valence electrons. The Labute approximate surface area is 195 Å². The van der Waals surface area contributed by atoms with Gasteiger partial charge < -0.3 is 14.2 Å². The predicted octanol–water partition coefficient (Wildman–Crippen LogP) is 5.91. The molecule has 0 spiro atoms. The van der Waals surface area contributed by atoms with Gasteiger partial charge in [0.2, 0.25) is 0 Å². The molecule has 3 rings (SSSR count). The number of hydrogen-bond acceptors (Lipinski definition) is 6. The quantitative estimate of drug-likeness (QED) is 0.415. The molecule has 0 atom stereocenters. The molecule has 2 amide bonds. The average Bonchev–Trinajstić information content (AvgIpc) is 2.99. The molecule has 2 aromatic rings. The molecular weight excluding hydrogens is 461 g/mol. The Kier molecular flexibility index (Phi) is 8.12. The van der Waals surface area contributed by atoms with Gasteiger partial charge in [0.25, 0.3) is 11.1 Å². The molecule has 0 aromatic heterocycles. The number of amides is 2. The summed E-state index contributed by atoms with van der Waals surface area (Å²) < 4.78 is 16.8. The van der Waals surface area contributed by atoms with Gasteiger partial charge in [-0.25, -0.2) is 0 Å². The van der Waals surface area contributed by atoms with Gasteiger partial charge in [-0.05, 0) is 73.6 Å². The van der Waals surface area contributed by atoms with Crippen LogP contribution in [-0.4, -0.2) is 42.4 Å². The van der Waals surface area contributed by atoms with E-state index in [4.69, 9.17) is 37.4 Å². The van der Waals surface area contributed by atoms with Crippen molar-refractivity contribution in [3.05, 3.63) is 56.9 Å². The Morgan fingerprint density at radius 3 is 2.39 bits per heavy atom. The third-order valence-electron chi connectivity index (χ3n) is 4.19. The summed E-state index contributed by atoms with van der Waals surface area (Å²) in [6, 6.07) is 10.3. The molecule has 1 fully saturated rings. The smallest absolute Gasteiger partial charge is 0.293 e. The van der Waals surface area contributed by atoms with Crippen LogP contribution in [0.25, 0.3) is 6.08 Å². The van der Waals surface area contributed by atoms with Gasteiger partial charge in [-0.1, -0.05) is 23.2 Å². The highest BCUT2D eigenvalue weighted by Crippen LogP contribution is 2.39. The van der Waals surface area contributed by atoms with Crippen molar-refractivity contribution in [2.75, 3.05) is 26.4 Å². The van der Waals surface area contributed by atoms with Gasteiger partial charge in [0.1, 0.15) is 12.4 Å². The number of carbonyl (C=O) groups excluding carboxylic acids is 2. The zero-order valence-electron chi connectivity index (χ0n) is 17.0. The van der Waals surface area contributed by atoms with Crippen molar-refractivity contribution in [2.24, 2.45) is 0 Å². The predicted molar refractivity (Wildman–Crippen MR) is 123 cm³/mol. The second kappa shape index (κ2) is 10.8. The standard InChI is InChI=1S/C22H21Cl2NO5S/c1-3-28-18-12-14(11-17(24)20(18)29-4-2)13-19-21(26)25(22(27)31-19)9-10-30-16-7-5-15(23)6-8-16/h5-8,11-13H,3-4,9-10H2,1-2H3/b19-13-. The molecule has 1 aliphatic rings. The van der Waals surface area contributed by atoms with Crippen molar-refractivity contribution in [1.82, 2.24) is 4.90 Å². The first-order valence-corrected chi connectivity index (χ1v) is 11.2. The van der Waals surface area contributed by atoms with Crippen molar-refractivity contribution in [2.45, 2.75) is 13.8 Å². The lowest BCUT2D eigenvalue weighted by atomic mass is 10.1. The number of benzene rings is 2. The molecule has 6 nitrogen and oxygen atoms in total. The fraction of sp³-hybridized carbons (Fsp3) is 0.273. The lowest BCUT2D eigenvalue weighted by molar-refractivity contribution is -0.123. The Morgan fingerprint density at radius 2 is 1.71 bits per heavy atom. The number of hydrogen-bond donors (Lipinski definition) is 0. The van der Waals surface area contributed by atoms with E-state index in [0.717, 1.165) is 16.7 Å². The van der Waals surface area contributed by atoms with Gasteiger partial charge in [-0.2, -0.15) is 0 Å². The Hall–Kier alpha value is -2.35. The molecule has 0 unspecified atom stereocenters. The normalized spacial score (nSPS) is 15.0. The number of imide groups is 1. The van der Waals surface area contributed by atoms with E-state index in [0.29, 0.717) is 51.0 Å². The van der Waals surface area contributed by atoms with Crippen LogP contribution in [0, 0.1) is 0 Å². The second-order valence-corrected chi connectivity index (χ2v) is 8.17. The summed E-state index contributed by atoms with van der Waals surface area (Å²) in [6.45, 7) is 4.90. The summed E-state index contributed by atoms with van der Waals surface area (Å²) in [6.07, 6.45) is 1.62. The van der Waals surface area contributed by atoms with E-state index in [1.54, 1.807) is 42.5 Å². The first-order valence-electron chi connectivity index (χ1n) is 9.65. The van der Waals surface area contributed by atoms with Crippen molar-refractivity contribution >= 4 is 52.2 Å². The fourth-order valence-electron chi connectivity index (χ4n) is 2.85. The topological polar surface area (TPSA) is 65.1 Å². The number of halogens is 2. The van der Waals surface area contributed by atoms with E-state index in [1.807, 2.05) is 13.8 Å². The largest absolute Gasteiger partial charge is 0.492 e. The molecule has 1 aliphatic heterocycles. The van der Waals surface area contributed by atoms with Crippen LogP contribution in [0.1, 0.15) is 19.4 Å². The van der Waals surface area contributed by atoms with Crippen molar-refractivity contribution in [3.8, 4) is 17.2 Å². The average molecular weight is 482 g/mol. The molecule has 0 saturated carbocycles. The summed E-state index contributed by atoms with van der Waals surface area (Å²) in [4.78, 5) is 26.5. The molecule has 0 N–H and O–H groups in total. The van der Waals surface area contributed by atoms with Crippen molar-refractivity contribution in [1.29, 1.82) is 0 Å².